The van der Waals surface area contributed by atoms with E-state index in [1.54, 1.807) is 10.7 Å². The van der Waals surface area contributed by atoms with Gasteiger partial charge in [0.2, 0.25) is 0 Å². The van der Waals surface area contributed by atoms with E-state index in [2.05, 4.69) is 20.6 Å². The molecule has 1 unspecified atom stereocenters. The van der Waals surface area contributed by atoms with Crippen LogP contribution in [0.1, 0.15) is 24.1 Å². The zero-order valence-corrected chi connectivity index (χ0v) is 16.0. The summed E-state index contributed by atoms with van der Waals surface area (Å²) >= 11 is 0. The fourth-order valence-electron chi connectivity index (χ4n) is 2.72. The maximum absolute atomic E-state index is 13.7. The fraction of sp³-hybridized carbons (Fsp3) is 0.474. The van der Waals surface area contributed by atoms with Crippen LogP contribution in [0.4, 0.5) is 4.39 Å². The Labute approximate surface area is 155 Å². The summed E-state index contributed by atoms with van der Waals surface area (Å²) < 4.78 is 15.5. The van der Waals surface area contributed by atoms with Crippen LogP contribution >= 0.6 is 0 Å². The Balaban J connectivity index is 1.97. The molecular weight excluding hydrogens is 331 g/mol. The number of rotatable bonds is 8. The van der Waals surface area contributed by atoms with Crippen molar-refractivity contribution in [2.75, 3.05) is 33.7 Å². The Morgan fingerprint density at radius 2 is 2.08 bits per heavy atom. The van der Waals surface area contributed by atoms with Crippen LogP contribution in [0.3, 0.4) is 0 Å². The maximum Gasteiger partial charge on any atom is 0.191 e. The molecule has 0 aliphatic rings. The van der Waals surface area contributed by atoms with Gasteiger partial charge in [-0.2, -0.15) is 5.10 Å². The number of nitrogens with one attached hydrogen (secondary N) is 2. The first-order chi connectivity index (χ1) is 12.5. The summed E-state index contributed by atoms with van der Waals surface area (Å²) in [4.78, 5) is 6.82. The van der Waals surface area contributed by atoms with Gasteiger partial charge in [-0.05, 0) is 39.1 Å². The predicted molar refractivity (Wildman–Crippen MR) is 104 cm³/mol. The molecule has 0 spiro atoms. The minimum atomic E-state index is -0.166. The summed E-state index contributed by atoms with van der Waals surface area (Å²) in [6, 6.07) is 7.01. The van der Waals surface area contributed by atoms with Gasteiger partial charge in [0.25, 0.3) is 0 Å². The predicted octanol–water partition coefficient (Wildman–Crippen LogP) is 1.96. The number of hydrogen-bond donors (Lipinski definition) is 2. The summed E-state index contributed by atoms with van der Waals surface area (Å²) in [5.74, 6) is 0.570. The van der Waals surface area contributed by atoms with Crippen LogP contribution in [0.25, 0.3) is 0 Å². The molecule has 0 saturated carbocycles. The number of hydrogen-bond acceptors (Lipinski definition) is 3. The smallest absolute Gasteiger partial charge is 0.191 e. The van der Waals surface area contributed by atoms with Crippen molar-refractivity contribution < 1.29 is 4.39 Å². The molecule has 0 radical (unpaired) electrons. The molecule has 0 bridgehead atoms. The number of guanidine groups is 1. The van der Waals surface area contributed by atoms with Crippen molar-refractivity contribution in [1.29, 1.82) is 0 Å². The number of aryl methyl sites for hydroxylation is 1. The van der Waals surface area contributed by atoms with Crippen LogP contribution in [0.5, 0.6) is 0 Å². The van der Waals surface area contributed by atoms with E-state index in [-0.39, 0.29) is 11.9 Å². The van der Waals surface area contributed by atoms with Gasteiger partial charge in [-0.25, -0.2) is 4.39 Å². The lowest BCUT2D eigenvalue weighted by Crippen LogP contribution is -2.39. The zero-order chi connectivity index (χ0) is 18.9. The maximum atomic E-state index is 13.7. The first-order valence-electron chi connectivity index (χ1n) is 8.91. The molecule has 7 heteroatoms. The van der Waals surface area contributed by atoms with Gasteiger partial charge in [0.15, 0.2) is 5.96 Å². The number of aliphatic imine (C=N–C) groups is 1. The lowest BCUT2D eigenvalue weighted by molar-refractivity contribution is 0.306. The van der Waals surface area contributed by atoms with Crippen molar-refractivity contribution in [3.63, 3.8) is 0 Å². The molecule has 2 rings (SSSR count). The minimum absolute atomic E-state index is 0.144. The molecule has 1 aromatic heterocycles. The Morgan fingerprint density at radius 3 is 2.69 bits per heavy atom. The number of halogens is 1. The number of benzene rings is 1. The molecule has 0 amide bonds. The summed E-state index contributed by atoms with van der Waals surface area (Å²) in [7, 11) is 5.98. The molecule has 26 heavy (non-hydrogen) atoms. The zero-order valence-electron chi connectivity index (χ0n) is 16.0. The van der Waals surface area contributed by atoms with Crippen molar-refractivity contribution in [1.82, 2.24) is 25.3 Å². The van der Waals surface area contributed by atoms with Crippen LogP contribution in [0, 0.1) is 5.82 Å². The standard InChI is InChI=1S/C19H29FN6/c1-5-21-19(22-11-10-15-8-6-7-9-17(15)20)23-13-18(25(2)3)16-12-24-26(4)14-16/h6-9,12,14,18H,5,10-11,13H2,1-4H3,(H2,21,22,23). The van der Waals surface area contributed by atoms with E-state index in [9.17, 15) is 4.39 Å². The van der Waals surface area contributed by atoms with Crippen LogP contribution in [0.15, 0.2) is 41.7 Å². The highest BCUT2D eigenvalue weighted by atomic mass is 19.1. The number of nitrogens with zero attached hydrogens (tertiary/aromatic N) is 4. The summed E-state index contributed by atoms with van der Waals surface area (Å²) in [5, 5.41) is 10.8. The van der Waals surface area contributed by atoms with Gasteiger partial charge in [0, 0.05) is 31.9 Å². The third kappa shape index (κ3) is 5.84. The lowest BCUT2D eigenvalue weighted by Gasteiger charge is -2.22. The topological polar surface area (TPSA) is 57.5 Å². The minimum Gasteiger partial charge on any atom is -0.357 e. The molecule has 6 nitrogen and oxygen atoms in total. The van der Waals surface area contributed by atoms with E-state index in [4.69, 9.17) is 4.99 Å². The number of likely N-dealkylation sites (N-methyl/N-ethyl adjacent to an activating group) is 1. The van der Waals surface area contributed by atoms with Crippen LogP contribution < -0.4 is 10.6 Å². The van der Waals surface area contributed by atoms with Crippen molar-refractivity contribution in [2.24, 2.45) is 12.0 Å². The van der Waals surface area contributed by atoms with Crippen molar-refractivity contribution >= 4 is 5.96 Å². The van der Waals surface area contributed by atoms with Gasteiger partial charge in [-0.3, -0.25) is 9.67 Å². The average Bonchev–Trinajstić information content (AvgIpc) is 3.02. The largest absolute Gasteiger partial charge is 0.357 e. The second-order valence-corrected chi connectivity index (χ2v) is 6.41. The summed E-state index contributed by atoms with van der Waals surface area (Å²) in [6.45, 7) is 4.02. The Hall–Kier alpha value is -2.41. The molecule has 1 heterocycles. The third-order valence-electron chi connectivity index (χ3n) is 4.14. The molecule has 0 aliphatic heterocycles. The van der Waals surface area contributed by atoms with Gasteiger partial charge < -0.3 is 15.5 Å². The normalized spacial score (nSPS) is 13.1. The van der Waals surface area contributed by atoms with E-state index in [0.717, 1.165) is 18.1 Å². The van der Waals surface area contributed by atoms with E-state index in [1.165, 1.54) is 6.07 Å². The summed E-state index contributed by atoms with van der Waals surface area (Å²) in [5.41, 5.74) is 1.83. The van der Waals surface area contributed by atoms with Gasteiger partial charge in [0.05, 0.1) is 18.8 Å². The third-order valence-corrected chi connectivity index (χ3v) is 4.14. The second-order valence-electron chi connectivity index (χ2n) is 6.41. The monoisotopic (exact) mass is 360 g/mol. The molecule has 0 aliphatic carbocycles. The average molecular weight is 360 g/mol. The molecule has 2 aromatic rings. The van der Waals surface area contributed by atoms with Gasteiger partial charge in [0.1, 0.15) is 5.82 Å². The van der Waals surface area contributed by atoms with Crippen LogP contribution in [0.2, 0.25) is 0 Å². The van der Waals surface area contributed by atoms with E-state index in [0.29, 0.717) is 25.1 Å². The van der Waals surface area contributed by atoms with Gasteiger partial charge >= 0.3 is 0 Å². The Morgan fingerprint density at radius 1 is 1.31 bits per heavy atom. The highest BCUT2D eigenvalue weighted by Gasteiger charge is 2.15. The Bertz CT molecular complexity index is 710. The molecule has 1 atom stereocenters. The van der Waals surface area contributed by atoms with Crippen molar-refractivity contribution in [3.05, 3.63) is 53.6 Å². The highest BCUT2D eigenvalue weighted by molar-refractivity contribution is 5.79. The van der Waals surface area contributed by atoms with Crippen molar-refractivity contribution in [3.8, 4) is 0 Å². The quantitative estimate of drug-likeness (QED) is 0.558. The molecule has 0 saturated heterocycles. The molecule has 1 aromatic carbocycles. The molecular formula is C19H29FN6. The highest BCUT2D eigenvalue weighted by Crippen LogP contribution is 2.17. The van der Waals surface area contributed by atoms with Gasteiger partial charge in [-0.1, -0.05) is 18.2 Å². The summed E-state index contributed by atoms with van der Waals surface area (Å²) in [6.07, 6.45) is 4.49. The van der Waals surface area contributed by atoms with Crippen LogP contribution in [-0.2, 0) is 13.5 Å². The first-order valence-corrected chi connectivity index (χ1v) is 8.91. The Kier molecular flexibility index (Phi) is 7.59. The lowest BCUT2D eigenvalue weighted by atomic mass is 10.1. The molecule has 2 N–H and O–H groups in total. The van der Waals surface area contributed by atoms with E-state index >= 15 is 0 Å². The molecule has 0 fully saturated rings. The van der Waals surface area contributed by atoms with Gasteiger partial charge in [-0.15, -0.1) is 0 Å². The SMILES string of the molecule is CCNC(=NCC(c1cnn(C)c1)N(C)C)NCCc1ccccc1F. The van der Waals surface area contributed by atoms with E-state index < -0.39 is 0 Å². The van der Waals surface area contributed by atoms with Crippen molar-refractivity contribution in [2.45, 2.75) is 19.4 Å². The second kappa shape index (κ2) is 9.91. The van der Waals surface area contributed by atoms with E-state index in [1.807, 2.05) is 52.6 Å². The fourth-order valence-corrected chi connectivity index (χ4v) is 2.72. The number of aromatic nitrogens is 2. The van der Waals surface area contributed by atoms with Crippen LogP contribution in [-0.4, -0.2) is 54.4 Å². The molecule has 142 valence electrons. The first kappa shape index (κ1) is 19.9.